The summed E-state index contributed by atoms with van der Waals surface area (Å²) in [5.41, 5.74) is 7.47. The average Bonchev–Trinajstić information content (AvgIpc) is 2.27. The highest BCUT2D eigenvalue weighted by Crippen LogP contribution is 2.25. The van der Waals surface area contributed by atoms with Crippen molar-refractivity contribution in [2.24, 2.45) is 5.73 Å². The normalized spacial score (nSPS) is 15.1. The van der Waals surface area contributed by atoms with Crippen LogP contribution in [0.4, 0.5) is 5.69 Å². The van der Waals surface area contributed by atoms with Gasteiger partial charge in [-0.25, -0.2) is 0 Å². The van der Waals surface area contributed by atoms with Crippen LogP contribution in [0.15, 0.2) is 18.5 Å². The Hall–Kier alpha value is -1.42. The lowest BCUT2D eigenvalue weighted by molar-refractivity contribution is -0.117. The van der Waals surface area contributed by atoms with Crippen molar-refractivity contribution in [3.8, 4) is 0 Å². The van der Waals surface area contributed by atoms with Gasteiger partial charge in [0.1, 0.15) is 0 Å². The molecule has 2 heterocycles. The topological polar surface area (TPSA) is 59.2 Å². The molecule has 1 amide bonds. The second-order valence-corrected chi connectivity index (χ2v) is 3.36. The van der Waals surface area contributed by atoms with Gasteiger partial charge in [0, 0.05) is 24.6 Å². The van der Waals surface area contributed by atoms with Crippen molar-refractivity contribution in [1.29, 1.82) is 0 Å². The number of amides is 1. The zero-order valence-electron chi connectivity index (χ0n) is 7.94. The number of nitrogens with two attached hydrogens (primary N) is 1. The van der Waals surface area contributed by atoms with Crippen molar-refractivity contribution in [2.45, 2.75) is 12.8 Å². The molecule has 1 aromatic heterocycles. The number of carbonyl (C=O) groups is 1. The van der Waals surface area contributed by atoms with Crippen molar-refractivity contribution in [1.82, 2.24) is 4.98 Å². The number of rotatable bonds is 1. The van der Waals surface area contributed by atoms with E-state index in [2.05, 4.69) is 4.98 Å². The van der Waals surface area contributed by atoms with Crippen LogP contribution in [0.2, 0.25) is 0 Å². The molecule has 0 atom stereocenters. The lowest BCUT2D eigenvalue weighted by Crippen LogP contribution is -2.39. The molecule has 0 spiro atoms. The van der Waals surface area contributed by atoms with Crippen LogP contribution < -0.4 is 10.6 Å². The number of carbonyl (C=O) groups excluding carboxylic acids is 1. The molecule has 0 bridgehead atoms. The van der Waals surface area contributed by atoms with Gasteiger partial charge in [0.05, 0.1) is 6.54 Å². The molecule has 2 N–H and O–H groups in total. The Morgan fingerprint density at radius 3 is 3.29 bits per heavy atom. The van der Waals surface area contributed by atoms with Gasteiger partial charge in [0.25, 0.3) is 0 Å². The number of fused-ring (bicyclic) bond motifs is 1. The third-order valence-electron chi connectivity index (χ3n) is 2.47. The fourth-order valence-corrected chi connectivity index (χ4v) is 1.79. The van der Waals surface area contributed by atoms with E-state index in [1.807, 2.05) is 12.3 Å². The molecule has 0 aromatic carbocycles. The third-order valence-corrected chi connectivity index (χ3v) is 2.47. The molecule has 4 heteroatoms. The summed E-state index contributed by atoms with van der Waals surface area (Å²) >= 11 is 0. The minimum atomic E-state index is -0.0165. The monoisotopic (exact) mass is 191 g/mol. The largest absolute Gasteiger partial charge is 0.322 e. The van der Waals surface area contributed by atoms with Gasteiger partial charge in [-0.2, -0.15) is 0 Å². The maximum atomic E-state index is 11.5. The van der Waals surface area contributed by atoms with E-state index in [4.69, 9.17) is 5.73 Å². The summed E-state index contributed by atoms with van der Waals surface area (Å²) < 4.78 is 0. The SMILES string of the molecule is NCC(=O)N1CCCc2cnccc21. The second-order valence-electron chi connectivity index (χ2n) is 3.36. The predicted molar refractivity (Wildman–Crippen MR) is 54.0 cm³/mol. The average molecular weight is 191 g/mol. The van der Waals surface area contributed by atoms with E-state index in [1.54, 1.807) is 11.1 Å². The number of hydrogen-bond acceptors (Lipinski definition) is 3. The van der Waals surface area contributed by atoms with E-state index >= 15 is 0 Å². The number of aryl methyl sites for hydroxylation is 1. The summed E-state index contributed by atoms with van der Waals surface area (Å²) in [5, 5.41) is 0. The Morgan fingerprint density at radius 1 is 1.64 bits per heavy atom. The third kappa shape index (κ3) is 1.48. The Kier molecular flexibility index (Phi) is 2.45. The first-order valence-electron chi connectivity index (χ1n) is 4.76. The van der Waals surface area contributed by atoms with Crippen LogP contribution in [0.3, 0.4) is 0 Å². The fraction of sp³-hybridized carbons (Fsp3) is 0.400. The minimum Gasteiger partial charge on any atom is -0.322 e. The summed E-state index contributed by atoms with van der Waals surface area (Å²) in [7, 11) is 0. The molecule has 0 radical (unpaired) electrons. The lowest BCUT2D eigenvalue weighted by atomic mass is 10.0. The van der Waals surface area contributed by atoms with E-state index in [1.165, 1.54) is 0 Å². The van der Waals surface area contributed by atoms with Gasteiger partial charge >= 0.3 is 0 Å². The molecule has 0 fully saturated rings. The van der Waals surface area contributed by atoms with Gasteiger partial charge in [0.15, 0.2) is 0 Å². The first kappa shape index (κ1) is 9.15. The van der Waals surface area contributed by atoms with Crippen molar-refractivity contribution < 1.29 is 4.79 Å². The van der Waals surface area contributed by atoms with Gasteiger partial charge in [-0.3, -0.25) is 9.78 Å². The van der Waals surface area contributed by atoms with E-state index in [0.717, 1.165) is 30.6 Å². The summed E-state index contributed by atoms with van der Waals surface area (Å²) in [4.78, 5) is 17.3. The molecular weight excluding hydrogens is 178 g/mol. The standard InChI is InChI=1S/C10H13N3O/c11-6-10(14)13-5-1-2-8-7-12-4-3-9(8)13/h3-4,7H,1-2,5-6,11H2. The van der Waals surface area contributed by atoms with Gasteiger partial charge in [-0.05, 0) is 24.5 Å². The summed E-state index contributed by atoms with van der Waals surface area (Å²) in [6.45, 7) is 0.842. The van der Waals surface area contributed by atoms with Gasteiger partial charge < -0.3 is 10.6 Å². The molecule has 1 aliphatic heterocycles. The maximum Gasteiger partial charge on any atom is 0.240 e. The zero-order chi connectivity index (χ0) is 9.97. The zero-order valence-corrected chi connectivity index (χ0v) is 7.94. The molecular formula is C10H13N3O. The van der Waals surface area contributed by atoms with Crippen LogP contribution in [0.5, 0.6) is 0 Å². The first-order valence-corrected chi connectivity index (χ1v) is 4.76. The lowest BCUT2D eigenvalue weighted by Gasteiger charge is -2.28. The molecule has 4 nitrogen and oxygen atoms in total. The van der Waals surface area contributed by atoms with Crippen molar-refractivity contribution in [2.75, 3.05) is 18.0 Å². The number of hydrogen-bond donors (Lipinski definition) is 1. The van der Waals surface area contributed by atoms with Crippen LogP contribution in [0, 0.1) is 0 Å². The Bertz CT molecular complexity index is 351. The first-order chi connectivity index (χ1) is 6.83. The summed E-state index contributed by atoms with van der Waals surface area (Å²) in [6, 6.07) is 1.88. The van der Waals surface area contributed by atoms with Crippen molar-refractivity contribution in [3.63, 3.8) is 0 Å². The van der Waals surface area contributed by atoms with Gasteiger partial charge in [-0.15, -0.1) is 0 Å². The van der Waals surface area contributed by atoms with Crippen LogP contribution >= 0.6 is 0 Å². The van der Waals surface area contributed by atoms with E-state index < -0.39 is 0 Å². The summed E-state index contributed by atoms with van der Waals surface area (Å²) in [6.07, 6.45) is 5.52. The molecule has 0 aliphatic carbocycles. The fourth-order valence-electron chi connectivity index (χ4n) is 1.79. The molecule has 0 saturated heterocycles. The highest BCUT2D eigenvalue weighted by molar-refractivity contribution is 5.95. The van der Waals surface area contributed by atoms with E-state index in [-0.39, 0.29) is 12.5 Å². The molecule has 2 rings (SSSR count). The minimum absolute atomic E-state index is 0.0165. The maximum absolute atomic E-state index is 11.5. The molecule has 0 saturated carbocycles. The Morgan fingerprint density at radius 2 is 2.50 bits per heavy atom. The van der Waals surface area contributed by atoms with Crippen LogP contribution in [0.25, 0.3) is 0 Å². The quantitative estimate of drug-likeness (QED) is 0.695. The Balaban J connectivity index is 2.35. The highest BCUT2D eigenvalue weighted by atomic mass is 16.2. The smallest absolute Gasteiger partial charge is 0.240 e. The Labute approximate surface area is 82.7 Å². The molecule has 14 heavy (non-hydrogen) atoms. The molecule has 1 aliphatic rings. The van der Waals surface area contributed by atoms with Crippen LogP contribution in [-0.2, 0) is 11.2 Å². The second kappa shape index (κ2) is 3.75. The molecule has 74 valence electrons. The molecule has 1 aromatic rings. The number of nitrogens with zero attached hydrogens (tertiary/aromatic N) is 2. The summed E-state index contributed by atoms with van der Waals surface area (Å²) in [5.74, 6) is -0.0165. The highest BCUT2D eigenvalue weighted by Gasteiger charge is 2.20. The van der Waals surface area contributed by atoms with Crippen LogP contribution in [0.1, 0.15) is 12.0 Å². The predicted octanol–water partition coefficient (Wildman–Crippen LogP) is 0.320. The van der Waals surface area contributed by atoms with Crippen molar-refractivity contribution >= 4 is 11.6 Å². The van der Waals surface area contributed by atoms with Crippen LogP contribution in [-0.4, -0.2) is 24.0 Å². The number of anilines is 1. The van der Waals surface area contributed by atoms with E-state index in [9.17, 15) is 4.79 Å². The number of pyridine rings is 1. The number of aromatic nitrogens is 1. The van der Waals surface area contributed by atoms with E-state index in [0.29, 0.717) is 0 Å². The van der Waals surface area contributed by atoms with Gasteiger partial charge in [0.2, 0.25) is 5.91 Å². The molecule has 0 unspecified atom stereocenters. The van der Waals surface area contributed by atoms with Crippen molar-refractivity contribution in [3.05, 3.63) is 24.0 Å². The van der Waals surface area contributed by atoms with Gasteiger partial charge in [-0.1, -0.05) is 0 Å².